The van der Waals surface area contributed by atoms with E-state index in [9.17, 15) is 14.0 Å². The van der Waals surface area contributed by atoms with Crippen LogP contribution >= 0.6 is 0 Å². The van der Waals surface area contributed by atoms with Crippen LogP contribution in [0.25, 0.3) is 22.1 Å². The van der Waals surface area contributed by atoms with Crippen molar-refractivity contribution in [2.75, 3.05) is 7.11 Å². The molecular formula is C30H21FO4. The second-order valence-electron chi connectivity index (χ2n) is 8.16. The van der Waals surface area contributed by atoms with Crippen LogP contribution in [0, 0.1) is 5.82 Å². The highest BCUT2D eigenvalue weighted by Crippen LogP contribution is 2.36. The zero-order valence-electron chi connectivity index (χ0n) is 19.0. The standard InChI is InChI=1S/C30H21FO4/c1-34-30(33)27-26(28(32)22-12-7-13-24(31)18-22)25(16-19-8-3-2-4-9-19)35-29(27)23-15-14-20-10-5-6-11-21(20)17-23/h2-15,17-18H,16H2,1H3. The van der Waals surface area contributed by atoms with Gasteiger partial charge in [-0.05, 0) is 34.5 Å². The van der Waals surface area contributed by atoms with E-state index in [0.717, 1.165) is 22.4 Å². The van der Waals surface area contributed by atoms with E-state index in [-0.39, 0.29) is 28.9 Å². The van der Waals surface area contributed by atoms with Crippen molar-refractivity contribution in [3.8, 4) is 11.3 Å². The van der Waals surface area contributed by atoms with E-state index < -0.39 is 17.6 Å². The molecule has 1 aromatic heterocycles. The molecule has 5 rings (SSSR count). The summed E-state index contributed by atoms with van der Waals surface area (Å²) in [4.78, 5) is 26.7. The number of esters is 1. The molecule has 172 valence electrons. The van der Waals surface area contributed by atoms with Gasteiger partial charge in [-0.3, -0.25) is 4.79 Å². The van der Waals surface area contributed by atoms with Gasteiger partial charge in [0.1, 0.15) is 22.9 Å². The average Bonchev–Trinajstić information content (AvgIpc) is 3.27. The molecule has 0 unspecified atom stereocenters. The Hall–Kier alpha value is -4.51. The molecule has 0 aliphatic rings. The Morgan fingerprint density at radius 1 is 0.800 bits per heavy atom. The van der Waals surface area contributed by atoms with Crippen LogP contribution in [0.5, 0.6) is 0 Å². The summed E-state index contributed by atoms with van der Waals surface area (Å²) in [7, 11) is 1.26. The van der Waals surface area contributed by atoms with Crippen molar-refractivity contribution in [3.05, 3.63) is 131 Å². The van der Waals surface area contributed by atoms with Crippen molar-refractivity contribution in [2.24, 2.45) is 0 Å². The molecule has 0 fully saturated rings. The maximum absolute atomic E-state index is 14.0. The van der Waals surface area contributed by atoms with Crippen LogP contribution < -0.4 is 0 Å². The second kappa shape index (κ2) is 9.39. The van der Waals surface area contributed by atoms with E-state index in [1.54, 1.807) is 0 Å². The molecule has 1 heterocycles. The third-order valence-electron chi connectivity index (χ3n) is 5.90. The van der Waals surface area contributed by atoms with Crippen molar-refractivity contribution in [2.45, 2.75) is 6.42 Å². The highest BCUT2D eigenvalue weighted by molar-refractivity contribution is 6.17. The van der Waals surface area contributed by atoms with Crippen molar-refractivity contribution in [1.82, 2.24) is 0 Å². The molecule has 0 saturated heterocycles. The number of fused-ring (bicyclic) bond motifs is 1. The summed E-state index contributed by atoms with van der Waals surface area (Å²) in [6.45, 7) is 0. The van der Waals surface area contributed by atoms with Crippen molar-refractivity contribution >= 4 is 22.5 Å². The summed E-state index contributed by atoms with van der Waals surface area (Å²) in [5.74, 6) is -1.19. The first-order valence-electron chi connectivity index (χ1n) is 11.1. The molecule has 5 heteroatoms. The van der Waals surface area contributed by atoms with Gasteiger partial charge in [0.15, 0.2) is 5.78 Å². The fraction of sp³-hybridized carbons (Fsp3) is 0.0667. The minimum atomic E-state index is -0.698. The van der Waals surface area contributed by atoms with E-state index in [1.165, 1.54) is 25.3 Å². The topological polar surface area (TPSA) is 56.5 Å². The molecule has 0 spiro atoms. The van der Waals surface area contributed by atoms with Crippen LogP contribution in [0.4, 0.5) is 4.39 Å². The van der Waals surface area contributed by atoms with Gasteiger partial charge in [-0.2, -0.15) is 0 Å². The number of furan rings is 1. The molecule has 4 aromatic carbocycles. The molecule has 0 atom stereocenters. The predicted octanol–water partition coefficient (Wildman–Crippen LogP) is 6.85. The quantitative estimate of drug-likeness (QED) is 0.204. The number of hydrogen-bond acceptors (Lipinski definition) is 4. The summed E-state index contributed by atoms with van der Waals surface area (Å²) in [6.07, 6.45) is 0.273. The zero-order chi connectivity index (χ0) is 24.4. The fourth-order valence-electron chi connectivity index (χ4n) is 4.23. The van der Waals surface area contributed by atoms with Crippen LogP contribution in [-0.2, 0) is 11.2 Å². The largest absolute Gasteiger partial charge is 0.465 e. The van der Waals surface area contributed by atoms with Crippen LogP contribution in [0.1, 0.15) is 37.6 Å². The summed E-state index contributed by atoms with van der Waals surface area (Å²) in [6, 6.07) is 28.4. The lowest BCUT2D eigenvalue weighted by Crippen LogP contribution is -2.12. The van der Waals surface area contributed by atoms with Gasteiger partial charge in [0.25, 0.3) is 0 Å². The molecule has 0 aliphatic carbocycles. The van der Waals surface area contributed by atoms with E-state index >= 15 is 0 Å². The first-order valence-corrected chi connectivity index (χ1v) is 11.1. The normalized spacial score (nSPS) is 10.9. The fourth-order valence-corrected chi connectivity index (χ4v) is 4.23. The lowest BCUT2D eigenvalue weighted by atomic mass is 9.94. The zero-order valence-corrected chi connectivity index (χ0v) is 19.0. The van der Waals surface area contributed by atoms with E-state index in [4.69, 9.17) is 9.15 Å². The van der Waals surface area contributed by atoms with E-state index in [1.807, 2.05) is 72.8 Å². The molecule has 0 saturated carbocycles. The summed E-state index contributed by atoms with van der Waals surface area (Å²) < 4.78 is 25.3. The van der Waals surface area contributed by atoms with Crippen LogP contribution in [0.3, 0.4) is 0 Å². The summed E-state index contributed by atoms with van der Waals surface area (Å²) >= 11 is 0. The maximum Gasteiger partial charge on any atom is 0.342 e. The Kier molecular flexibility index (Phi) is 5.98. The molecule has 0 radical (unpaired) electrons. The van der Waals surface area contributed by atoms with E-state index in [0.29, 0.717) is 11.3 Å². The SMILES string of the molecule is COC(=O)c1c(-c2ccc3ccccc3c2)oc(Cc2ccccc2)c1C(=O)c1cccc(F)c1. The molecule has 0 bridgehead atoms. The lowest BCUT2D eigenvalue weighted by Gasteiger charge is -2.06. The number of ketones is 1. The highest BCUT2D eigenvalue weighted by atomic mass is 19.1. The van der Waals surface area contributed by atoms with Crippen LogP contribution in [-0.4, -0.2) is 18.9 Å². The first kappa shape index (κ1) is 22.3. The van der Waals surface area contributed by atoms with Crippen LogP contribution in [0.2, 0.25) is 0 Å². The number of benzene rings is 4. The number of methoxy groups -OCH3 is 1. The molecule has 5 aromatic rings. The Balaban J connectivity index is 1.75. The number of carbonyl (C=O) groups excluding carboxylic acids is 2. The summed E-state index contributed by atoms with van der Waals surface area (Å²) in [5, 5.41) is 1.99. The third-order valence-corrected chi connectivity index (χ3v) is 5.90. The number of halogens is 1. The summed E-state index contributed by atoms with van der Waals surface area (Å²) in [5.41, 5.74) is 1.76. The molecule has 35 heavy (non-hydrogen) atoms. The monoisotopic (exact) mass is 464 g/mol. The Morgan fingerprint density at radius 3 is 2.29 bits per heavy atom. The van der Waals surface area contributed by atoms with Gasteiger partial charge in [0, 0.05) is 17.5 Å². The van der Waals surface area contributed by atoms with E-state index in [2.05, 4.69) is 0 Å². The molecular weight excluding hydrogens is 443 g/mol. The van der Waals surface area contributed by atoms with Gasteiger partial charge in [-0.15, -0.1) is 0 Å². The van der Waals surface area contributed by atoms with Gasteiger partial charge in [-0.25, -0.2) is 9.18 Å². The van der Waals surface area contributed by atoms with Gasteiger partial charge in [-0.1, -0.05) is 78.9 Å². The second-order valence-corrected chi connectivity index (χ2v) is 8.16. The van der Waals surface area contributed by atoms with Crippen molar-refractivity contribution in [1.29, 1.82) is 0 Å². The van der Waals surface area contributed by atoms with Gasteiger partial charge in [0.2, 0.25) is 0 Å². The lowest BCUT2D eigenvalue weighted by molar-refractivity contribution is 0.0598. The van der Waals surface area contributed by atoms with Gasteiger partial charge in [0.05, 0.1) is 12.7 Å². The Bertz CT molecular complexity index is 1550. The first-order chi connectivity index (χ1) is 17.0. The minimum Gasteiger partial charge on any atom is -0.465 e. The highest BCUT2D eigenvalue weighted by Gasteiger charge is 2.32. The predicted molar refractivity (Wildman–Crippen MR) is 132 cm³/mol. The number of rotatable bonds is 6. The number of carbonyl (C=O) groups is 2. The third kappa shape index (κ3) is 4.36. The maximum atomic E-state index is 14.0. The number of ether oxygens (including phenoxy) is 1. The van der Waals surface area contributed by atoms with Crippen molar-refractivity contribution < 1.29 is 23.1 Å². The van der Waals surface area contributed by atoms with Gasteiger partial charge < -0.3 is 9.15 Å². The molecule has 4 nitrogen and oxygen atoms in total. The smallest absolute Gasteiger partial charge is 0.342 e. The molecule has 0 amide bonds. The Morgan fingerprint density at radius 2 is 1.54 bits per heavy atom. The van der Waals surface area contributed by atoms with Crippen molar-refractivity contribution in [3.63, 3.8) is 0 Å². The van der Waals surface area contributed by atoms with Crippen LogP contribution in [0.15, 0.2) is 101 Å². The molecule has 0 N–H and O–H groups in total. The Labute approximate surface area is 201 Å². The minimum absolute atomic E-state index is 0.0305. The molecule has 0 aliphatic heterocycles. The number of hydrogen-bond donors (Lipinski definition) is 0. The average molecular weight is 464 g/mol. The van der Waals surface area contributed by atoms with Gasteiger partial charge >= 0.3 is 5.97 Å².